The molecule has 4 rings (SSSR count). The first-order chi connectivity index (χ1) is 14.9. The molecular formula is C23H27BrN4O3. The van der Waals surface area contributed by atoms with E-state index in [2.05, 4.69) is 50.6 Å². The smallest absolute Gasteiger partial charge is 0.322 e. The summed E-state index contributed by atoms with van der Waals surface area (Å²) in [7, 11) is 3.72. The summed E-state index contributed by atoms with van der Waals surface area (Å²) in [5.41, 5.74) is 4.00. The molecule has 0 spiro atoms. The second-order valence-corrected chi connectivity index (χ2v) is 9.07. The molecule has 0 bridgehead atoms. The summed E-state index contributed by atoms with van der Waals surface area (Å²) >= 11 is 3.39. The number of hydrogen-bond donors (Lipinski definition) is 2. The number of nitrogens with zero attached hydrogens (tertiary/aromatic N) is 2. The molecule has 3 amide bonds. The number of rotatable bonds is 4. The molecule has 2 N–H and O–H groups in total. The topological polar surface area (TPSA) is 73.9 Å². The Morgan fingerprint density at radius 3 is 2.55 bits per heavy atom. The minimum Gasteiger partial charge on any atom is -0.380 e. The molecule has 1 fully saturated rings. The van der Waals surface area contributed by atoms with Crippen molar-refractivity contribution >= 4 is 39.2 Å². The number of benzene rings is 2. The van der Waals surface area contributed by atoms with Crippen molar-refractivity contribution in [2.24, 2.45) is 0 Å². The van der Waals surface area contributed by atoms with E-state index in [1.165, 1.54) is 11.1 Å². The van der Waals surface area contributed by atoms with E-state index < -0.39 is 6.04 Å². The highest BCUT2D eigenvalue weighted by Crippen LogP contribution is 2.25. The minimum atomic E-state index is -0.595. The monoisotopic (exact) mass is 486 g/mol. The maximum absolute atomic E-state index is 13.1. The largest absolute Gasteiger partial charge is 0.380 e. The van der Waals surface area contributed by atoms with Gasteiger partial charge in [-0.25, -0.2) is 4.79 Å². The molecule has 2 aliphatic rings. The molecule has 164 valence electrons. The molecule has 2 atom stereocenters. The predicted molar refractivity (Wildman–Crippen MR) is 124 cm³/mol. The molecule has 8 heteroatoms. The Labute approximate surface area is 190 Å². The number of ether oxygens (including phenoxy) is 1. The fraction of sp³-hybridized carbons (Fsp3) is 0.391. The standard InChI is InChI=1S/C23H27BrN4O3/c1-27-10-9-15-11-19(6-3-16(15)13-27)25-22(29)21-12-20(31-2)14-28(21)23(30)26-18-7-4-17(24)5-8-18/h3-8,11,20-21H,9-10,12-14H2,1-2H3,(H,25,29)(H,26,30)/t20-,21-/m1/s1. The van der Waals surface area contributed by atoms with Crippen LogP contribution >= 0.6 is 15.9 Å². The van der Waals surface area contributed by atoms with Gasteiger partial charge in [-0.3, -0.25) is 4.79 Å². The summed E-state index contributed by atoms with van der Waals surface area (Å²) < 4.78 is 6.39. The van der Waals surface area contributed by atoms with Gasteiger partial charge in [0.25, 0.3) is 0 Å². The highest BCUT2D eigenvalue weighted by Gasteiger charge is 2.40. The molecule has 0 unspecified atom stereocenters. The van der Waals surface area contributed by atoms with Crippen LogP contribution in [0.3, 0.4) is 0 Å². The van der Waals surface area contributed by atoms with Crippen LogP contribution in [0, 0.1) is 0 Å². The molecule has 0 saturated carbocycles. The number of amides is 3. The number of halogens is 1. The third-order valence-corrected chi connectivity index (χ3v) is 6.46. The zero-order chi connectivity index (χ0) is 22.0. The SMILES string of the molecule is CO[C@@H]1C[C@H](C(=O)Nc2ccc3c(c2)CCN(C)C3)N(C(=O)Nc2ccc(Br)cc2)C1. The highest BCUT2D eigenvalue weighted by atomic mass is 79.9. The lowest BCUT2D eigenvalue weighted by molar-refractivity contribution is -0.119. The molecule has 7 nitrogen and oxygen atoms in total. The van der Waals surface area contributed by atoms with E-state index in [0.29, 0.717) is 18.7 Å². The lowest BCUT2D eigenvalue weighted by Crippen LogP contribution is -2.45. The fourth-order valence-corrected chi connectivity index (χ4v) is 4.43. The van der Waals surface area contributed by atoms with E-state index in [9.17, 15) is 9.59 Å². The maximum atomic E-state index is 13.1. The molecule has 1 saturated heterocycles. The summed E-state index contributed by atoms with van der Waals surface area (Å²) in [5.74, 6) is -0.196. The fourth-order valence-electron chi connectivity index (χ4n) is 4.17. The van der Waals surface area contributed by atoms with Crippen molar-refractivity contribution in [2.75, 3.05) is 37.9 Å². The average Bonchev–Trinajstić information content (AvgIpc) is 3.20. The third kappa shape index (κ3) is 5.08. The minimum absolute atomic E-state index is 0.175. The van der Waals surface area contributed by atoms with Crippen LogP contribution in [0.15, 0.2) is 46.9 Å². The summed E-state index contributed by atoms with van der Waals surface area (Å²) in [5, 5.41) is 5.89. The number of carbonyl (C=O) groups excluding carboxylic acids is 2. The lowest BCUT2D eigenvalue weighted by atomic mass is 9.99. The molecule has 2 aromatic rings. The first kappa shape index (κ1) is 21.8. The number of urea groups is 1. The summed E-state index contributed by atoms with van der Waals surface area (Å²) in [6.45, 7) is 2.30. The van der Waals surface area contributed by atoms with Gasteiger partial charge in [0.15, 0.2) is 0 Å². The highest BCUT2D eigenvalue weighted by molar-refractivity contribution is 9.10. The van der Waals surface area contributed by atoms with Crippen LogP contribution in [-0.4, -0.2) is 61.1 Å². The maximum Gasteiger partial charge on any atom is 0.322 e. The quantitative estimate of drug-likeness (QED) is 0.690. The van der Waals surface area contributed by atoms with Gasteiger partial charge in [0, 0.05) is 49.0 Å². The normalized spacial score (nSPS) is 20.9. The summed E-state index contributed by atoms with van der Waals surface area (Å²) in [6, 6.07) is 12.5. The molecule has 0 aromatic heterocycles. The van der Waals surface area contributed by atoms with Gasteiger partial charge in [-0.05, 0) is 61.0 Å². The zero-order valence-corrected chi connectivity index (χ0v) is 19.3. The number of carbonyl (C=O) groups is 2. The van der Waals surface area contributed by atoms with Gasteiger partial charge < -0.3 is 25.2 Å². The van der Waals surface area contributed by atoms with E-state index in [1.54, 1.807) is 12.0 Å². The number of fused-ring (bicyclic) bond motifs is 1. The number of nitrogens with one attached hydrogen (secondary N) is 2. The molecule has 0 radical (unpaired) electrons. The number of hydrogen-bond acceptors (Lipinski definition) is 4. The Balaban J connectivity index is 1.46. The summed E-state index contributed by atoms with van der Waals surface area (Å²) in [4.78, 5) is 29.9. The Kier molecular flexibility index (Phi) is 6.60. The van der Waals surface area contributed by atoms with Crippen molar-refractivity contribution in [3.8, 4) is 0 Å². The average molecular weight is 487 g/mol. The van der Waals surface area contributed by atoms with Gasteiger partial charge in [-0.1, -0.05) is 22.0 Å². The van der Waals surface area contributed by atoms with Crippen molar-refractivity contribution in [1.29, 1.82) is 0 Å². The van der Waals surface area contributed by atoms with Gasteiger partial charge in [0.05, 0.1) is 6.10 Å². The van der Waals surface area contributed by atoms with E-state index in [1.807, 2.05) is 30.3 Å². The molecule has 2 heterocycles. The molecular weight excluding hydrogens is 460 g/mol. The number of likely N-dealkylation sites (N-methyl/N-ethyl adjacent to an activating group) is 1. The van der Waals surface area contributed by atoms with Gasteiger partial charge in [-0.2, -0.15) is 0 Å². The van der Waals surface area contributed by atoms with Gasteiger partial charge in [-0.15, -0.1) is 0 Å². The van der Waals surface area contributed by atoms with Gasteiger partial charge >= 0.3 is 6.03 Å². The Morgan fingerprint density at radius 1 is 1.06 bits per heavy atom. The van der Waals surface area contributed by atoms with E-state index in [4.69, 9.17) is 4.74 Å². The van der Waals surface area contributed by atoms with Crippen molar-refractivity contribution in [2.45, 2.75) is 31.5 Å². The van der Waals surface area contributed by atoms with Gasteiger partial charge in [0.2, 0.25) is 5.91 Å². The second-order valence-electron chi connectivity index (χ2n) is 8.16. The summed E-state index contributed by atoms with van der Waals surface area (Å²) in [6.07, 6.45) is 1.25. The second kappa shape index (κ2) is 9.38. The van der Waals surface area contributed by atoms with Crippen molar-refractivity contribution in [3.63, 3.8) is 0 Å². The van der Waals surface area contributed by atoms with E-state index in [0.717, 1.165) is 29.7 Å². The van der Waals surface area contributed by atoms with Crippen molar-refractivity contribution in [3.05, 3.63) is 58.1 Å². The Morgan fingerprint density at radius 2 is 1.81 bits per heavy atom. The molecule has 0 aliphatic carbocycles. The van der Waals surface area contributed by atoms with Crippen molar-refractivity contribution in [1.82, 2.24) is 9.80 Å². The van der Waals surface area contributed by atoms with E-state index >= 15 is 0 Å². The first-order valence-corrected chi connectivity index (χ1v) is 11.2. The van der Waals surface area contributed by atoms with Crippen LogP contribution in [0.5, 0.6) is 0 Å². The molecule has 2 aliphatic heterocycles. The number of anilines is 2. The third-order valence-electron chi connectivity index (χ3n) is 5.93. The van der Waals surface area contributed by atoms with Crippen LogP contribution in [-0.2, 0) is 22.5 Å². The number of methoxy groups -OCH3 is 1. The van der Waals surface area contributed by atoms with Crippen LogP contribution in [0.1, 0.15) is 17.5 Å². The van der Waals surface area contributed by atoms with Crippen LogP contribution < -0.4 is 10.6 Å². The van der Waals surface area contributed by atoms with E-state index in [-0.39, 0.29) is 18.0 Å². The Bertz CT molecular complexity index is 966. The molecule has 31 heavy (non-hydrogen) atoms. The predicted octanol–water partition coefficient (Wildman–Crippen LogP) is 3.70. The van der Waals surface area contributed by atoms with Crippen LogP contribution in [0.25, 0.3) is 0 Å². The Hall–Kier alpha value is -2.42. The number of likely N-dealkylation sites (tertiary alicyclic amines) is 1. The van der Waals surface area contributed by atoms with Crippen molar-refractivity contribution < 1.29 is 14.3 Å². The first-order valence-electron chi connectivity index (χ1n) is 10.4. The van der Waals surface area contributed by atoms with Crippen LogP contribution in [0.4, 0.5) is 16.2 Å². The molecule has 2 aromatic carbocycles. The zero-order valence-electron chi connectivity index (χ0n) is 17.7. The van der Waals surface area contributed by atoms with Crippen LogP contribution in [0.2, 0.25) is 0 Å². The van der Waals surface area contributed by atoms with Gasteiger partial charge in [0.1, 0.15) is 6.04 Å². The lowest BCUT2D eigenvalue weighted by Gasteiger charge is -2.26.